The van der Waals surface area contributed by atoms with Crippen molar-refractivity contribution in [2.24, 2.45) is 3.50 Å². The summed E-state index contributed by atoms with van der Waals surface area (Å²) in [6.07, 6.45) is 0. The Kier molecular flexibility index (Phi) is 4.96. The van der Waals surface area contributed by atoms with Crippen molar-refractivity contribution in [3.8, 4) is 0 Å². The molecule has 0 aliphatic carbocycles. The second-order valence-electron chi connectivity index (χ2n) is 4.85. The second-order valence-corrected chi connectivity index (χ2v) is 6.81. The Hall–Kier alpha value is -0.912. The monoisotopic (exact) mass is 355 g/mol. The van der Waals surface area contributed by atoms with Gasteiger partial charge in [-0.25, -0.2) is 0 Å². The van der Waals surface area contributed by atoms with E-state index < -0.39 is 17.9 Å². The van der Waals surface area contributed by atoms with Crippen molar-refractivity contribution >= 4 is 21.7 Å². The summed E-state index contributed by atoms with van der Waals surface area (Å²) < 4.78 is 7.00. The predicted molar refractivity (Wildman–Crippen MR) is 79.1 cm³/mol. The minimum absolute atomic E-state index is 0.0637. The first-order valence-corrected chi connectivity index (χ1v) is 8.54. The van der Waals surface area contributed by atoms with Crippen LogP contribution in [0.15, 0.2) is 58.1 Å². The first-order chi connectivity index (χ1) is 9.09. The molecule has 2 aromatic carbocycles. The minimum atomic E-state index is -0.558. The molecule has 98 valence electrons. The average molecular weight is 354 g/mol. The Labute approximate surface area is 127 Å². The van der Waals surface area contributed by atoms with Crippen LogP contribution in [-0.2, 0) is 23.3 Å². The normalized spacial score (nSPS) is 10.9. The molecule has 0 heterocycles. The predicted octanol–water partition coefficient (Wildman–Crippen LogP) is 5.02. The van der Waals surface area contributed by atoms with Crippen LogP contribution in [0.4, 0.5) is 5.69 Å². The molecule has 2 aromatic rings. The zero-order valence-electron chi connectivity index (χ0n) is 11.0. The molecule has 0 unspecified atom stereocenters. The van der Waals surface area contributed by atoms with Crippen molar-refractivity contribution < 1.29 is 17.9 Å². The first-order valence-electron chi connectivity index (χ1n) is 6.11. The number of halogens is 1. The van der Waals surface area contributed by atoms with E-state index in [4.69, 9.17) is 11.6 Å². The Morgan fingerprint density at radius 1 is 1.00 bits per heavy atom. The van der Waals surface area contributed by atoms with Gasteiger partial charge in [-0.2, -0.15) is 0 Å². The van der Waals surface area contributed by atoms with Gasteiger partial charge in [0.25, 0.3) is 0 Å². The van der Waals surface area contributed by atoms with Gasteiger partial charge in [0.15, 0.2) is 0 Å². The van der Waals surface area contributed by atoms with Gasteiger partial charge in [-0.1, -0.05) is 0 Å². The Bertz CT molecular complexity index is 614. The zero-order valence-corrected chi connectivity index (χ0v) is 13.8. The maximum atomic E-state index is 6.10. The summed E-state index contributed by atoms with van der Waals surface area (Å²) in [5, 5.41) is 0.735. The summed E-state index contributed by atoms with van der Waals surface area (Å²) in [7, 11) is 0. The average Bonchev–Trinajstić information content (AvgIpc) is 2.42. The SMILES string of the molecule is CC(C)([CH]=[Mo]=[N]c1ccccc1Cl)c1ccccc1. The van der Waals surface area contributed by atoms with Gasteiger partial charge in [0.05, 0.1) is 0 Å². The quantitative estimate of drug-likeness (QED) is 0.687. The van der Waals surface area contributed by atoms with Crippen molar-refractivity contribution in [1.29, 1.82) is 0 Å². The molecule has 0 atom stereocenters. The summed E-state index contributed by atoms with van der Waals surface area (Å²) in [4.78, 5) is 0. The van der Waals surface area contributed by atoms with E-state index in [1.165, 1.54) is 5.56 Å². The van der Waals surface area contributed by atoms with Crippen LogP contribution in [-0.4, -0.2) is 4.40 Å². The zero-order chi connectivity index (χ0) is 13.7. The topological polar surface area (TPSA) is 12.4 Å². The summed E-state index contributed by atoms with van der Waals surface area (Å²) >= 11 is 5.55. The molecule has 1 nitrogen and oxygen atoms in total. The van der Waals surface area contributed by atoms with Gasteiger partial charge < -0.3 is 0 Å². The maximum absolute atomic E-state index is 6.10. The molecule has 0 bridgehead atoms. The molecule has 3 heteroatoms. The first kappa shape index (κ1) is 14.5. The molecular formula is C16H16ClMoN. The molecule has 0 spiro atoms. The molecule has 0 amide bonds. The molecule has 19 heavy (non-hydrogen) atoms. The van der Waals surface area contributed by atoms with Gasteiger partial charge in [0.2, 0.25) is 0 Å². The third-order valence-corrected chi connectivity index (χ3v) is 5.64. The van der Waals surface area contributed by atoms with E-state index in [0.717, 1.165) is 10.7 Å². The van der Waals surface area contributed by atoms with Crippen molar-refractivity contribution in [2.45, 2.75) is 19.3 Å². The summed E-state index contributed by atoms with van der Waals surface area (Å²) in [5.74, 6) is 0. The third kappa shape index (κ3) is 4.03. The van der Waals surface area contributed by atoms with Crippen molar-refractivity contribution in [3.63, 3.8) is 0 Å². The van der Waals surface area contributed by atoms with E-state index in [-0.39, 0.29) is 5.41 Å². The number of hydrogen-bond donors (Lipinski definition) is 0. The van der Waals surface area contributed by atoms with Gasteiger partial charge >= 0.3 is 128 Å². The molecule has 0 saturated carbocycles. The van der Waals surface area contributed by atoms with Crippen LogP contribution in [0.1, 0.15) is 19.4 Å². The number of benzene rings is 2. The second kappa shape index (κ2) is 6.50. The Morgan fingerprint density at radius 3 is 2.32 bits per heavy atom. The molecule has 0 N–H and O–H groups in total. The van der Waals surface area contributed by atoms with Crippen LogP contribution in [0.2, 0.25) is 5.02 Å². The van der Waals surface area contributed by atoms with E-state index in [9.17, 15) is 0 Å². The molecule has 0 radical (unpaired) electrons. The van der Waals surface area contributed by atoms with Crippen molar-refractivity contribution in [1.82, 2.24) is 0 Å². The molecule has 0 saturated heterocycles. The van der Waals surface area contributed by atoms with Gasteiger partial charge in [-0.3, -0.25) is 0 Å². The van der Waals surface area contributed by atoms with E-state index >= 15 is 0 Å². The molecule has 0 aliphatic rings. The number of nitrogens with zero attached hydrogens (tertiary/aromatic N) is 1. The summed E-state index contributed by atoms with van der Waals surface area (Å²) in [5.41, 5.74) is 2.30. The number of hydrogen-bond acceptors (Lipinski definition) is 1. The van der Waals surface area contributed by atoms with Gasteiger partial charge in [-0.15, -0.1) is 0 Å². The molecular weight excluding hydrogens is 338 g/mol. The van der Waals surface area contributed by atoms with Crippen LogP contribution in [0.3, 0.4) is 0 Å². The fraction of sp³-hybridized carbons (Fsp3) is 0.188. The van der Waals surface area contributed by atoms with Gasteiger partial charge in [0, 0.05) is 0 Å². The van der Waals surface area contributed by atoms with E-state index in [1.54, 1.807) is 0 Å². The van der Waals surface area contributed by atoms with E-state index in [0.29, 0.717) is 0 Å². The fourth-order valence-corrected chi connectivity index (χ4v) is 3.77. The van der Waals surface area contributed by atoms with Gasteiger partial charge in [0.1, 0.15) is 0 Å². The Morgan fingerprint density at radius 2 is 1.63 bits per heavy atom. The van der Waals surface area contributed by atoms with Crippen LogP contribution in [0.25, 0.3) is 0 Å². The fourth-order valence-electron chi connectivity index (χ4n) is 1.68. The Balaban J connectivity index is 2.25. The van der Waals surface area contributed by atoms with Crippen molar-refractivity contribution in [2.75, 3.05) is 0 Å². The van der Waals surface area contributed by atoms with Crippen molar-refractivity contribution in [3.05, 3.63) is 65.2 Å². The molecule has 0 fully saturated rings. The van der Waals surface area contributed by atoms with Crippen LogP contribution >= 0.6 is 11.6 Å². The van der Waals surface area contributed by atoms with Crippen LogP contribution in [0, 0.1) is 0 Å². The number of rotatable bonds is 3. The summed E-state index contributed by atoms with van der Waals surface area (Å²) in [6, 6.07) is 18.3. The summed E-state index contributed by atoms with van der Waals surface area (Å²) in [6.45, 7) is 4.46. The molecule has 0 aliphatic heterocycles. The van der Waals surface area contributed by atoms with Crippen LogP contribution < -0.4 is 0 Å². The van der Waals surface area contributed by atoms with E-state index in [2.05, 4.69) is 46.0 Å². The molecule has 0 aromatic heterocycles. The van der Waals surface area contributed by atoms with Gasteiger partial charge in [-0.05, 0) is 0 Å². The van der Waals surface area contributed by atoms with E-state index in [1.807, 2.05) is 30.3 Å². The van der Waals surface area contributed by atoms with Crippen LogP contribution in [0.5, 0.6) is 0 Å². The molecule has 2 rings (SSSR count). The third-order valence-electron chi connectivity index (χ3n) is 2.87. The standard InChI is InChI=1S/C10H12.C6H4ClN.Mo/c1-10(2,3)9-7-5-4-6-8-9;7-5-3-1-2-4-6(5)8;/h1,4-8H,2-3H3;1-4H;.